The summed E-state index contributed by atoms with van der Waals surface area (Å²) in [5.41, 5.74) is 0.915. The molecule has 90 valence electrons. The van der Waals surface area contributed by atoms with Crippen LogP contribution in [0.4, 0.5) is 5.69 Å². The van der Waals surface area contributed by atoms with Gasteiger partial charge in [0.25, 0.3) is 11.7 Å². The SMILES string of the molecule is CC(O)CCN1C(=O)C(=O)c2cc(Cl)ccc21. The van der Waals surface area contributed by atoms with Gasteiger partial charge >= 0.3 is 0 Å². The number of anilines is 1. The summed E-state index contributed by atoms with van der Waals surface area (Å²) in [6, 6.07) is 4.80. The van der Waals surface area contributed by atoms with Crippen LogP contribution in [0.5, 0.6) is 0 Å². The zero-order valence-corrected chi connectivity index (χ0v) is 10.1. The van der Waals surface area contributed by atoms with E-state index in [1.165, 1.54) is 11.0 Å². The number of rotatable bonds is 3. The highest BCUT2D eigenvalue weighted by Crippen LogP contribution is 2.31. The first-order valence-corrected chi connectivity index (χ1v) is 5.72. The van der Waals surface area contributed by atoms with Crippen LogP contribution in [0.15, 0.2) is 18.2 Å². The quantitative estimate of drug-likeness (QED) is 0.833. The second-order valence-electron chi connectivity index (χ2n) is 4.09. The predicted molar refractivity (Wildman–Crippen MR) is 64.4 cm³/mol. The van der Waals surface area contributed by atoms with Gasteiger partial charge in [-0.05, 0) is 31.5 Å². The summed E-state index contributed by atoms with van der Waals surface area (Å²) in [6.45, 7) is 1.97. The Labute approximate surface area is 104 Å². The third kappa shape index (κ3) is 2.18. The fourth-order valence-electron chi connectivity index (χ4n) is 1.81. The number of aliphatic hydroxyl groups excluding tert-OH is 1. The molecule has 0 aliphatic carbocycles. The molecule has 0 fully saturated rings. The lowest BCUT2D eigenvalue weighted by molar-refractivity contribution is -0.114. The summed E-state index contributed by atoms with van der Waals surface area (Å²) in [4.78, 5) is 24.8. The molecule has 1 aromatic carbocycles. The van der Waals surface area contributed by atoms with Crippen molar-refractivity contribution in [3.63, 3.8) is 0 Å². The van der Waals surface area contributed by atoms with Crippen molar-refractivity contribution in [1.82, 2.24) is 0 Å². The molecular formula is C12H12ClNO3. The van der Waals surface area contributed by atoms with Gasteiger partial charge < -0.3 is 10.0 Å². The Bertz CT molecular complexity index is 485. The number of halogens is 1. The summed E-state index contributed by atoms with van der Waals surface area (Å²) in [5, 5.41) is 9.65. The van der Waals surface area contributed by atoms with E-state index in [1.807, 2.05) is 0 Å². The molecule has 0 radical (unpaired) electrons. The van der Waals surface area contributed by atoms with Crippen LogP contribution in [-0.2, 0) is 4.79 Å². The summed E-state index contributed by atoms with van der Waals surface area (Å²) >= 11 is 5.79. The van der Waals surface area contributed by atoms with Crippen LogP contribution in [0.25, 0.3) is 0 Å². The first kappa shape index (κ1) is 12.1. The Morgan fingerprint density at radius 1 is 1.41 bits per heavy atom. The van der Waals surface area contributed by atoms with Crippen LogP contribution in [0.1, 0.15) is 23.7 Å². The molecule has 1 unspecified atom stereocenters. The molecule has 1 atom stereocenters. The van der Waals surface area contributed by atoms with E-state index in [-0.39, 0.29) is 0 Å². The van der Waals surface area contributed by atoms with Gasteiger partial charge in [-0.25, -0.2) is 0 Å². The molecule has 1 aliphatic rings. The number of fused-ring (bicyclic) bond motifs is 1. The second kappa shape index (κ2) is 4.47. The lowest BCUT2D eigenvalue weighted by Gasteiger charge is -2.17. The van der Waals surface area contributed by atoms with Gasteiger partial charge in [0.2, 0.25) is 0 Å². The van der Waals surface area contributed by atoms with Crippen LogP contribution in [-0.4, -0.2) is 29.4 Å². The van der Waals surface area contributed by atoms with Gasteiger partial charge in [-0.15, -0.1) is 0 Å². The maximum absolute atomic E-state index is 11.7. The number of amides is 1. The molecule has 0 saturated carbocycles. The molecule has 1 heterocycles. The number of hydrogen-bond donors (Lipinski definition) is 1. The Morgan fingerprint density at radius 3 is 2.76 bits per heavy atom. The van der Waals surface area contributed by atoms with E-state index < -0.39 is 17.8 Å². The minimum absolute atomic E-state index is 0.330. The molecule has 0 saturated heterocycles. The van der Waals surface area contributed by atoms with Gasteiger partial charge in [0.05, 0.1) is 17.4 Å². The molecule has 1 aromatic rings. The van der Waals surface area contributed by atoms with E-state index in [2.05, 4.69) is 0 Å². The summed E-state index contributed by atoms with van der Waals surface area (Å²) in [6.07, 6.45) is -0.0737. The summed E-state index contributed by atoms with van der Waals surface area (Å²) in [5.74, 6) is -1.09. The summed E-state index contributed by atoms with van der Waals surface area (Å²) in [7, 11) is 0. The molecule has 0 bridgehead atoms. The number of carbonyl (C=O) groups is 2. The minimum atomic E-state index is -0.553. The smallest absolute Gasteiger partial charge is 0.299 e. The highest BCUT2D eigenvalue weighted by atomic mass is 35.5. The van der Waals surface area contributed by atoms with Crippen LogP contribution in [0, 0.1) is 0 Å². The van der Waals surface area contributed by atoms with Crippen molar-refractivity contribution in [1.29, 1.82) is 0 Å². The molecule has 1 N–H and O–H groups in total. The lowest BCUT2D eigenvalue weighted by Crippen LogP contribution is -2.32. The van der Waals surface area contributed by atoms with E-state index in [0.717, 1.165) is 0 Å². The van der Waals surface area contributed by atoms with Crippen LogP contribution in [0.3, 0.4) is 0 Å². The molecule has 4 nitrogen and oxygen atoms in total. The predicted octanol–water partition coefficient (Wildman–Crippen LogP) is 1.64. The number of hydrogen-bond acceptors (Lipinski definition) is 3. The third-order valence-electron chi connectivity index (χ3n) is 2.70. The van der Waals surface area contributed by atoms with Crippen molar-refractivity contribution >= 4 is 29.0 Å². The standard InChI is InChI=1S/C12H12ClNO3/c1-7(15)4-5-14-10-3-2-8(13)6-9(10)11(16)12(14)17/h2-3,6-7,15H,4-5H2,1H3. The molecule has 17 heavy (non-hydrogen) atoms. The maximum Gasteiger partial charge on any atom is 0.299 e. The normalized spacial score (nSPS) is 16.3. The van der Waals surface area contributed by atoms with E-state index in [0.29, 0.717) is 29.2 Å². The number of ketones is 1. The van der Waals surface area contributed by atoms with Crippen molar-refractivity contribution in [3.8, 4) is 0 Å². The second-order valence-corrected chi connectivity index (χ2v) is 4.52. The van der Waals surface area contributed by atoms with Crippen LogP contribution in [0.2, 0.25) is 5.02 Å². The maximum atomic E-state index is 11.7. The van der Waals surface area contributed by atoms with Gasteiger partial charge in [0, 0.05) is 11.6 Å². The van der Waals surface area contributed by atoms with Crippen molar-refractivity contribution in [2.75, 3.05) is 11.4 Å². The lowest BCUT2D eigenvalue weighted by atomic mass is 10.1. The minimum Gasteiger partial charge on any atom is -0.393 e. The topological polar surface area (TPSA) is 57.6 Å². The van der Waals surface area contributed by atoms with E-state index >= 15 is 0 Å². The highest BCUT2D eigenvalue weighted by Gasteiger charge is 2.35. The van der Waals surface area contributed by atoms with Crippen molar-refractivity contribution in [2.24, 2.45) is 0 Å². The zero-order chi connectivity index (χ0) is 12.6. The van der Waals surface area contributed by atoms with E-state index in [1.54, 1.807) is 19.1 Å². The molecule has 0 spiro atoms. The van der Waals surface area contributed by atoms with Crippen molar-refractivity contribution < 1.29 is 14.7 Å². The Kier molecular flexibility index (Phi) is 3.17. The number of Topliss-reactive ketones (excluding diaryl/α,β-unsaturated/α-hetero) is 1. The average molecular weight is 254 g/mol. The average Bonchev–Trinajstić information content (AvgIpc) is 2.50. The van der Waals surface area contributed by atoms with Gasteiger partial charge in [0.15, 0.2) is 0 Å². The molecule has 2 rings (SSSR count). The number of nitrogens with zero attached hydrogens (tertiary/aromatic N) is 1. The van der Waals surface area contributed by atoms with Gasteiger partial charge in [-0.2, -0.15) is 0 Å². The van der Waals surface area contributed by atoms with Gasteiger partial charge in [-0.3, -0.25) is 9.59 Å². The zero-order valence-electron chi connectivity index (χ0n) is 9.31. The summed E-state index contributed by atoms with van der Waals surface area (Å²) < 4.78 is 0. The van der Waals surface area contributed by atoms with Gasteiger partial charge in [-0.1, -0.05) is 11.6 Å². The third-order valence-corrected chi connectivity index (χ3v) is 2.94. The molecule has 5 heteroatoms. The van der Waals surface area contributed by atoms with Crippen molar-refractivity contribution in [3.05, 3.63) is 28.8 Å². The molecule has 1 aliphatic heterocycles. The Hall–Kier alpha value is -1.39. The van der Waals surface area contributed by atoms with E-state index in [4.69, 9.17) is 11.6 Å². The van der Waals surface area contributed by atoms with Gasteiger partial charge in [0.1, 0.15) is 0 Å². The molecule has 0 aromatic heterocycles. The highest BCUT2D eigenvalue weighted by molar-refractivity contribution is 6.52. The fraction of sp³-hybridized carbons (Fsp3) is 0.333. The Morgan fingerprint density at radius 2 is 2.12 bits per heavy atom. The largest absolute Gasteiger partial charge is 0.393 e. The van der Waals surface area contributed by atoms with Crippen molar-refractivity contribution in [2.45, 2.75) is 19.4 Å². The Balaban J connectivity index is 2.31. The number of carbonyl (C=O) groups excluding carboxylic acids is 2. The monoisotopic (exact) mass is 253 g/mol. The first-order chi connectivity index (χ1) is 8.00. The van der Waals surface area contributed by atoms with Crippen LogP contribution < -0.4 is 4.90 Å². The van der Waals surface area contributed by atoms with E-state index in [9.17, 15) is 14.7 Å². The molecular weight excluding hydrogens is 242 g/mol. The first-order valence-electron chi connectivity index (χ1n) is 5.34. The molecule has 1 amide bonds. The number of aliphatic hydroxyl groups is 1. The fourth-order valence-corrected chi connectivity index (χ4v) is 1.98. The van der Waals surface area contributed by atoms with Crippen LogP contribution >= 0.6 is 11.6 Å². The number of benzene rings is 1.